The fourth-order valence-electron chi connectivity index (χ4n) is 3.86. The normalized spacial score (nSPS) is 17.0. The lowest BCUT2D eigenvalue weighted by atomic mass is 9.95. The first kappa shape index (κ1) is 20.1. The molecule has 2 aliphatic heterocycles. The summed E-state index contributed by atoms with van der Waals surface area (Å²) in [4.78, 5) is 40.7. The van der Waals surface area contributed by atoms with Gasteiger partial charge in [-0.15, -0.1) is 0 Å². The van der Waals surface area contributed by atoms with Gasteiger partial charge in [-0.1, -0.05) is 44.5 Å². The molecule has 3 amide bonds. The number of benzene rings is 1. The number of unbranched alkanes of at least 4 members (excludes halogenated alkanes) is 2. The van der Waals surface area contributed by atoms with E-state index < -0.39 is 0 Å². The SMILES string of the molecule is C=C1c2ccccc2C(=O)N1CC(=O)N1CCC(C(=O)NCCCCC)CC1. The van der Waals surface area contributed by atoms with Gasteiger partial charge in [-0.2, -0.15) is 0 Å². The van der Waals surface area contributed by atoms with Crippen molar-refractivity contribution in [1.29, 1.82) is 0 Å². The van der Waals surface area contributed by atoms with Gasteiger partial charge in [-0.3, -0.25) is 19.3 Å². The van der Waals surface area contributed by atoms with Crippen LogP contribution in [-0.4, -0.2) is 53.7 Å². The predicted molar refractivity (Wildman–Crippen MR) is 108 cm³/mol. The molecule has 1 saturated heterocycles. The lowest BCUT2D eigenvalue weighted by Crippen LogP contribution is -2.46. The van der Waals surface area contributed by atoms with E-state index in [0.29, 0.717) is 37.2 Å². The first-order valence-corrected chi connectivity index (χ1v) is 10.2. The smallest absolute Gasteiger partial charge is 0.259 e. The highest BCUT2D eigenvalue weighted by molar-refractivity contribution is 6.10. The number of nitrogens with zero attached hydrogens (tertiary/aromatic N) is 2. The van der Waals surface area contributed by atoms with E-state index in [-0.39, 0.29) is 30.2 Å². The molecule has 0 radical (unpaired) electrons. The molecule has 1 aromatic rings. The molecule has 3 rings (SSSR count). The number of carbonyl (C=O) groups excluding carboxylic acids is 3. The summed E-state index contributed by atoms with van der Waals surface area (Å²) >= 11 is 0. The molecule has 1 fully saturated rings. The first-order chi connectivity index (χ1) is 13.5. The van der Waals surface area contributed by atoms with Crippen LogP contribution in [0.1, 0.15) is 54.9 Å². The molecule has 1 aromatic carbocycles. The van der Waals surface area contributed by atoms with Gasteiger partial charge in [0.25, 0.3) is 5.91 Å². The Morgan fingerprint density at radius 2 is 1.82 bits per heavy atom. The van der Waals surface area contributed by atoms with E-state index >= 15 is 0 Å². The van der Waals surface area contributed by atoms with Gasteiger partial charge in [0.2, 0.25) is 11.8 Å². The Morgan fingerprint density at radius 3 is 2.46 bits per heavy atom. The number of likely N-dealkylation sites (tertiary alicyclic amines) is 1. The number of fused-ring (bicyclic) bond motifs is 1. The fraction of sp³-hybridized carbons (Fsp3) is 0.500. The van der Waals surface area contributed by atoms with Crippen LogP contribution in [0.3, 0.4) is 0 Å². The summed E-state index contributed by atoms with van der Waals surface area (Å²) < 4.78 is 0. The molecule has 0 saturated carbocycles. The van der Waals surface area contributed by atoms with Crippen LogP contribution in [0, 0.1) is 5.92 Å². The van der Waals surface area contributed by atoms with Crippen LogP contribution in [0.5, 0.6) is 0 Å². The van der Waals surface area contributed by atoms with E-state index in [1.165, 1.54) is 4.90 Å². The molecule has 0 atom stereocenters. The average Bonchev–Trinajstić information content (AvgIpc) is 2.96. The first-order valence-electron chi connectivity index (χ1n) is 10.2. The van der Waals surface area contributed by atoms with Crippen LogP contribution < -0.4 is 5.32 Å². The van der Waals surface area contributed by atoms with Crippen molar-refractivity contribution in [1.82, 2.24) is 15.1 Å². The number of amides is 3. The standard InChI is InChI=1S/C22H29N3O3/c1-3-4-7-12-23-21(27)17-10-13-24(14-11-17)20(26)15-25-16(2)18-8-5-6-9-19(18)22(25)28/h5-6,8-9,17H,2-4,7,10-15H2,1H3,(H,23,27). The Labute approximate surface area is 166 Å². The summed E-state index contributed by atoms with van der Waals surface area (Å²) in [5.41, 5.74) is 1.97. The summed E-state index contributed by atoms with van der Waals surface area (Å²) in [5, 5.41) is 3.00. The molecule has 0 spiro atoms. The highest BCUT2D eigenvalue weighted by Crippen LogP contribution is 2.31. The van der Waals surface area contributed by atoms with Crippen LogP contribution in [0.25, 0.3) is 5.70 Å². The third-order valence-corrected chi connectivity index (χ3v) is 5.63. The molecular formula is C22H29N3O3. The number of hydrogen-bond acceptors (Lipinski definition) is 3. The third-order valence-electron chi connectivity index (χ3n) is 5.63. The molecule has 150 valence electrons. The largest absolute Gasteiger partial charge is 0.356 e. The summed E-state index contributed by atoms with van der Waals surface area (Å²) in [6, 6.07) is 7.29. The molecule has 2 heterocycles. The molecule has 1 N–H and O–H groups in total. The van der Waals surface area contributed by atoms with Crippen molar-refractivity contribution in [2.75, 3.05) is 26.2 Å². The Hall–Kier alpha value is -2.63. The van der Waals surface area contributed by atoms with Gasteiger partial charge in [0.15, 0.2) is 0 Å². The Balaban J connectivity index is 1.48. The van der Waals surface area contributed by atoms with Crippen molar-refractivity contribution in [3.8, 4) is 0 Å². The minimum absolute atomic E-state index is 0.000226. The Kier molecular flexibility index (Phi) is 6.49. The van der Waals surface area contributed by atoms with E-state index in [0.717, 1.165) is 31.4 Å². The van der Waals surface area contributed by atoms with Gasteiger partial charge in [0.05, 0.1) is 0 Å². The highest BCUT2D eigenvalue weighted by Gasteiger charge is 2.34. The van der Waals surface area contributed by atoms with Gasteiger partial charge in [-0.25, -0.2) is 0 Å². The minimum atomic E-state index is -0.171. The molecular weight excluding hydrogens is 354 g/mol. The number of hydrogen-bond donors (Lipinski definition) is 1. The Bertz CT molecular complexity index is 731. The molecule has 0 bridgehead atoms. The van der Waals surface area contributed by atoms with Crippen LogP contribution >= 0.6 is 0 Å². The van der Waals surface area contributed by atoms with Crippen LogP contribution in [-0.2, 0) is 9.59 Å². The van der Waals surface area contributed by atoms with Crippen molar-refractivity contribution < 1.29 is 14.4 Å². The maximum Gasteiger partial charge on any atom is 0.259 e. The lowest BCUT2D eigenvalue weighted by molar-refractivity contribution is -0.135. The van der Waals surface area contributed by atoms with E-state index in [1.807, 2.05) is 18.2 Å². The molecule has 2 aliphatic rings. The van der Waals surface area contributed by atoms with E-state index in [9.17, 15) is 14.4 Å². The summed E-state index contributed by atoms with van der Waals surface area (Å²) in [6.07, 6.45) is 4.60. The zero-order valence-electron chi connectivity index (χ0n) is 16.6. The van der Waals surface area contributed by atoms with E-state index in [2.05, 4.69) is 18.8 Å². The second-order valence-corrected chi connectivity index (χ2v) is 7.54. The average molecular weight is 383 g/mol. The zero-order valence-corrected chi connectivity index (χ0v) is 16.6. The molecule has 0 aromatic heterocycles. The van der Waals surface area contributed by atoms with Crippen molar-refractivity contribution in [2.24, 2.45) is 5.92 Å². The monoisotopic (exact) mass is 383 g/mol. The van der Waals surface area contributed by atoms with Gasteiger partial charge in [0, 0.05) is 42.4 Å². The van der Waals surface area contributed by atoms with Gasteiger partial charge in [-0.05, 0) is 25.3 Å². The predicted octanol–water partition coefficient (Wildman–Crippen LogP) is 2.66. The van der Waals surface area contributed by atoms with Crippen molar-refractivity contribution in [3.05, 3.63) is 42.0 Å². The second-order valence-electron chi connectivity index (χ2n) is 7.54. The molecule has 6 nitrogen and oxygen atoms in total. The summed E-state index contributed by atoms with van der Waals surface area (Å²) in [5.74, 6) is -0.195. The Morgan fingerprint density at radius 1 is 1.14 bits per heavy atom. The second kappa shape index (κ2) is 9.04. The minimum Gasteiger partial charge on any atom is -0.356 e. The van der Waals surface area contributed by atoms with Crippen LogP contribution in [0.2, 0.25) is 0 Å². The van der Waals surface area contributed by atoms with Crippen molar-refractivity contribution in [2.45, 2.75) is 39.0 Å². The fourth-order valence-corrected chi connectivity index (χ4v) is 3.86. The van der Waals surface area contributed by atoms with Crippen LogP contribution in [0.4, 0.5) is 0 Å². The highest BCUT2D eigenvalue weighted by atomic mass is 16.2. The third kappa shape index (κ3) is 4.26. The summed E-state index contributed by atoms with van der Waals surface area (Å²) in [6.45, 7) is 7.95. The van der Waals surface area contributed by atoms with Gasteiger partial charge in [0.1, 0.15) is 6.54 Å². The number of rotatable bonds is 7. The van der Waals surface area contributed by atoms with Crippen LogP contribution in [0.15, 0.2) is 30.8 Å². The van der Waals surface area contributed by atoms with Gasteiger partial charge < -0.3 is 10.2 Å². The summed E-state index contributed by atoms with van der Waals surface area (Å²) in [7, 11) is 0. The maximum absolute atomic E-state index is 12.7. The van der Waals surface area contributed by atoms with E-state index in [1.54, 1.807) is 11.0 Å². The van der Waals surface area contributed by atoms with Crippen molar-refractivity contribution >= 4 is 23.4 Å². The van der Waals surface area contributed by atoms with Gasteiger partial charge >= 0.3 is 0 Å². The van der Waals surface area contributed by atoms with Crippen molar-refractivity contribution in [3.63, 3.8) is 0 Å². The zero-order chi connectivity index (χ0) is 20.1. The number of carbonyl (C=O) groups is 3. The number of piperidine rings is 1. The molecule has 0 unspecified atom stereocenters. The quantitative estimate of drug-likeness (QED) is 0.736. The molecule has 28 heavy (non-hydrogen) atoms. The molecule has 0 aliphatic carbocycles. The lowest BCUT2D eigenvalue weighted by Gasteiger charge is -2.32. The molecule has 6 heteroatoms. The topological polar surface area (TPSA) is 69.7 Å². The number of nitrogens with one attached hydrogen (secondary N) is 1. The maximum atomic E-state index is 12.7. The van der Waals surface area contributed by atoms with E-state index in [4.69, 9.17) is 0 Å².